The van der Waals surface area contributed by atoms with Crippen molar-refractivity contribution in [2.75, 3.05) is 6.61 Å². The van der Waals surface area contributed by atoms with Crippen molar-refractivity contribution >= 4 is 11.9 Å². The SMILES string of the molecule is C=C(C)C(C)(CO)C1=NN(C(F)F)N=CC1. The maximum Gasteiger partial charge on any atom is 0.348 e. The van der Waals surface area contributed by atoms with Crippen LogP contribution in [-0.2, 0) is 0 Å². The lowest BCUT2D eigenvalue weighted by molar-refractivity contribution is -0.0258. The van der Waals surface area contributed by atoms with Gasteiger partial charge in [0.15, 0.2) is 0 Å². The number of aliphatic hydroxyl groups excluding tert-OH is 1. The Morgan fingerprint density at radius 3 is 2.81 bits per heavy atom. The molecular formula is C10H15F2N3O. The number of hydrogen-bond acceptors (Lipinski definition) is 4. The summed E-state index contributed by atoms with van der Waals surface area (Å²) in [7, 11) is 0. The number of rotatable bonds is 4. The molecule has 1 aliphatic rings. The summed E-state index contributed by atoms with van der Waals surface area (Å²) in [6, 6.07) is 0. The van der Waals surface area contributed by atoms with Crippen LogP contribution in [0.1, 0.15) is 20.3 Å². The van der Waals surface area contributed by atoms with Gasteiger partial charge in [0.05, 0.1) is 17.7 Å². The van der Waals surface area contributed by atoms with Gasteiger partial charge in [0.1, 0.15) is 0 Å². The van der Waals surface area contributed by atoms with Gasteiger partial charge in [0.25, 0.3) is 0 Å². The van der Waals surface area contributed by atoms with Gasteiger partial charge in [0, 0.05) is 12.6 Å². The van der Waals surface area contributed by atoms with Crippen molar-refractivity contribution in [1.29, 1.82) is 0 Å². The molecule has 0 aromatic heterocycles. The largest absolute Gasteiger partial charge is 0.395 e. The smallest absolute Gasteiger partial charge is 0.348 e. The fourth-order valence-corrected chi connectivity index (χ4v) is 1.30. The molecule has 0 amide bonds. The summed E-state index contributed by atoms with van der Waals surface area (Å²) < 4.78 is 24.8. The average Bonchev–Trinajstić information content (AvgIpc) is 2.27. The molecule has 0 aromatic rings. The molecule has 6 heteroatoms. The molecule has 1 rings (SSSR count). The third-order valence-corrected chi connectivity index (χ3v) is 2.78. The van der Waals surface area contributed by atoms with Crippen LogP contribution >= 0.6 is 0 Å². The highest BCUT2D eigenvalue weighted by Crippen LogP contribution is 2.30. The number of hydrazone groups is 2. The predicted octanol–water partition coefficient (Wildman–Crippen LogP) is 1.83. The van der Waals surface area contributed by atoms with E-state index in [9.17, 15) is 13.9 Å². The van der Waals surface area contributed by atoms with Crippen molar-refractivity contribution in [1.82, 2.24) is 5.12 Å². The highest BCUT2D eigenvalue weighted by Gasteiger charge is 2.33. The molecule has 1 heterocycles. The van der Waals surface area contributed by atoms with Crippen molar-refractivity contribution in [2.24, 2.45) is 15.6 Å². The lowest BCUT2D eigenvalue weighted by Gasteiger charge is -2.31. The van der Waals surface area contributed by atoms with E-state index in [1.165, 1.54) is 6.21 Å². The zero-order valence-corrected chi connectivity index (χ0v) is 9.32. The maximum absolute atomic E-state index is 12.4. The summed E-state index contributed by atoms with van der Waals surface area (Å²) in [5.74, 6) is 0. The quantitative estimate of drug-likeness (QED) is 0.592. The van der Waals surface area contributed by atoms with Crippen LogP contribution in [0.4, 0.5) is 8.78 Å². The Labute approximate surface area is 92.9 Å². The molecule has 0 aromatic carbocycles. The monoisotopic (exact) mass is 231 g/mol. The Hall–Kier alpha value is -1.30. The third kappa shape index (κ3) is 2.27. The van der Waals surface area contributed by atoms with Crippen LogP contribution < -0.4 is 0 Å². The highest BCUT2D eigenvalue weighted by molar-refractivity contribution is 6.01. The van der Waals surface area contributed by atoms with E-state index in [0.717, 1.165) is 0 Å². The van der Waals surface area contributed by atoms with Crippen molar-refractivity contribution in [3.63, 3.8) is 0 Å². The van der Waals surface area contributed by atoms with Crippen LogP contribution in [-0.4, -0.2) is 35.3 Å². The molecule has 0 aliphatic carbocycles. The highest BCUT2D eigenvalue weighted by atomic mass is 19.3. The molecule has 0 bridgehead atoms. The molecule has 0 radical (unpaired) electrons. The van der Waals surface area contributed by atoms with Crippen LogP contribution in [0.3, 0.4) is 0 Å². The fourth-order valence-electron chi connectivity index (χ4n) is 1.30. The van der Waals surface area contributed by atoms with E-state index < -0.39 is 12.0 Å². The van der Waals surface area contributed by atoms with Crippen LogP contribution in [0, 0.1) is 5.41 Å². The van der Waals surface area contributed by atoms with Crippen LogP contribution in [0.5, 0.6) is 0 Å². The van der Waals surface area contributed by atoms with Crippen molar-refractivity contribution in [3.05, 3.63) is 12.2 Å². The summed E-state index contributed by atoms with van der Waals surface area (Å²) in [5.41, 5.74) is 0.343. The van der Waals surface area contributed by atoms with E-state index in [1.807, 2.05) is 0 Å². The van der Waals surface area contributed by atoms with E-state index in [1.54, 1.807) is 13.8 Å². The summed E-state index contributed by atoms with van der Waals surface area (Å²) in [6.07, 6.45) is 1.69. The number of hydrogen-bond donors (Lipinski definition) is 1. The van der Waals surface area contributed by atoms with Gasteiger partial charge in [-0.1, -0.05) is 12.2 Å². The topological polar surface area (TPSA) is 48.2 Å². The third-order valence-electron chi connectivity index (χ3n) is 2.78. The second-order valence-corrected chi connectivity index (χ2v) is 3.92. The van der Waals surface area contributed by atoms with Crippen molar-refractivity contribution in [2.45, 2.75) is 26.8 Å². The number of alkyl halides is 2. The van der Waals surface area contributed by atoms with E-state index >= 15 is 0 Å². The molecule has 1 aliphatic heterocycles. The maximum atomic E-state index is 12.4. The zero-order chi connectivity index (χ0) is 12.3. The second kappa shape index (κ2) is 4.69. The van der Waals surface area contributed by atoms with Gasteiger partial charge in [0.2, 0.25) is 0 Å². The number of nitrogens with zero attached hydrogens (tertiary/aromatic N) is 3. The zero-order valence-electron chi connectivity index (χ0n) is 9.32. The second-order valence-electron chi connectivity index (χ2n) is 3.92. The fraction of sp³-hybridized carbons (Fsp3) is 0.600. The van der Waals surface area contributed by atoms with Gasteiger partial charge in [-0.3, -0.25) is 0 Å². The van der Waals surface area contributed by atoms with Gasteiger partial charge in [-0.25, -0.2) is 0 Å². The molecule has 0 spiro atoms. The normalized spacial score (nSPS) is 19.6. The van der Waals surface area contributed by atoms with E-state index in [4.69, 9.17) is 0 Å². The first kappa shape index (κ1) is 12.8. The van der Waals surface area contributed by atoms with E-state index in [2.05, 4.69) is 16.8 Å². The summed E-state index contributed by atoms with van der Waals surface area (Å²) in [5, 5.41) is 16.9. The standard InChI is InChI=1S/C10H15F2N3O/c1-7(2)10(3,6-16)8-4-5-13-15(14-8)9(11)12/h5,9,16H,1,4,6H2,2-3H3. The van der Waals surface area contributed by atoms with Crippen LogP contribution in [0.25, 0.3) is 0 Å². The first-order chi connectivity index (χ1) is 7.41. The molecule has 0 saturated carbocycles. The molecule has 1 atom stereocenters. The first-order valence-corrected chi connectivity index (χ1v) is 4.86. The van der Waals surface area contributed by atoms with E-state index in [0.29, 0.717) is 22.8 Å². The van der Waals surface area contributed by atoms with Gasteiger partial charge < -0.3 is 5.11 Å². The molecule has 0 fully saturated rings. The molecule has 0 saturated heterocycles. The minimum atomic E-state index is -2.78. The van der Waals surface area contributed by atoms with E-state index in [-0.39, 0.29) is 6.61 Å². The van der Waals surface area contributed by atoms with Crippen LogP contribution in [0.15, 0.2) is 22.4 Å². The molecule has 1 unspecified atom stereocenters. The van der Waals surface area contributed by atoms with Gasteiger partial charge in [-0.15, -0.1) is 5.12 Å². The minimum absolute atomic E-state index is 0.216. The van der Waals surface area contributed by atoms with Gasteiger partial charge in [-0.05, 0) is 13.8 Å². The number of aliphatic hydroxyl groups is 1. The van der Waals surface area contributed by atoms with Crippen LogP contribution in [0.2, 0.25) is 0 Å². The lowest BCUT2D eigenvalue weighted by Crippen LogP contribution is -2.37. The Morgan fingerprint density at radius 2 is 2.38 bits per heavy atom. The lowest BCUT2D eigenvalue weighted by atomic mass is 9.78. The minimum Gasteiger partial charge on any atom is -0.395 e. The number of halogens is 2. The summed E-state index contributed by atoms with van der Waals surface area (Å²) in [4.78, 5) is 0. The average molecular weight is 231 g/mol. The first-order valence-electron chi connectivity index (χ1n) is 4.86. The van der Waals surface area contributed by atoms with Gasteiger partial charge >= 0.3 is 6.55 Å². The molecule has 16 heavy (non-hydrogen) atoms. The summed E-state index contributed by atoms with van der Waals surface area (Å²) >= 11 is 0. The van der Waals surface area contributed by atoms with Crippen molar-refractivity contribution in [3.8, 4) is 0 Å². The Balaban J connectivity index is 3.00. The molecular weight excluding hydrogens is 216 g/mol. The molecule has 90 valence electrons. The molecule has 1 N–H and O–H groups in total. The Kier molecular flexibility index (Phi) is 3.74. The summed E-state index contributed by atoms with van der Waals surface area (Å²) in [6.45, 7) is 4.21. The predicted molar refractivity (Wildman–Crippen MR) is 58.4 cm³/mol. The Morgan fingerprint density at radius 1 is 1.75 bits per heavy atom. The van der Waals surface area contributed by atoms with Gasteiger partial charge in [-0.2, -0.15) is 19.0 Å². The molecule has 4 nitrogen and oxygen atoms in total. The van der Waals surface area contributed by atoms with Crippen molar-refractivity contribution < 1.29 is 13.9 Å². The Bertz CT molecular complexity index is 341.